The quantitative estimate of drug-likeness (QED) is 0.815. The molecule has 1 saturated heterocycles. The van der Waals surface area contributed by atoms with E-state index in [1.54, 1.807) is 6.08 Å². The van der Waals surface area contributed by atoms with Gasteiger partial charge in [-0.1, -0.05) is 18.9 Å². The summed E-state index contributed by atoms with van der Waals surface area (Å²) in [5.41, 5.74) is 2.92. The number of rotatable bonds is 4. The summed E-state index contributed by atoms with van der Waals surface area (Å²) in [5, 5.41) is 2.91. The second-order valence-electron chi connectivity index (χ2n) is 6.88. The van der Waals surface area contributed by atoms with Crippen LogP contribution in [0.15, 0.2) is 48.5 Å². The summed E-state index contributed by atoms with van der Waals surface area (Å²) in [5.74, 6) is 1.29. The third-order valence-corrected chi connectivity index (χ3v) is 4.93. The lowest BCUT2D eigenvalue weighted by Gasteiger charge is -2.22. The number of nitrogens with zero attached hydrogens (tertiary/aromatic N) is 1. The number of carbonyl (C=O) groups excluding carboxylic acids is 1. The molecule has 1 fully saturated rings. The van der Waals surface area contributed by atoms with Crippen molar-refractivity contribution in [2.24, 2.45) is 0 Å². The summed E-state index contributed by atoms with van der Waals surface area (Å²) in [7, 11) is 0. The number of hydrogen-bond acceptors (Lipinski definition) is 4. The SMILES string of the molecule is O=C(/C=C/c1ccc2c(c1)OCO2)Nc1ccc(N2CCCCCC2)cc1. The molecule has 5 nitrogen and oxygen atoms in total. The van der Waals surface area contributed by atoms with Crippen molar-refractivity contribution < 1.29 is 14.3 Å². The Morgan fingerprint density at radius 3 is 2.44 bits per heavy atom. The molecule has 2 aliphatic heterocycles. The van der Waals surface area contributed by atoms with E-state index in [9.17, 15) is 4.79 Å². The van der Waals surface area contributed by atoms with Crippen LogP contribution >= 0.6 is 0 Å². The van der Waals surface area contributed by atoms with Crippen molar-refractivity contribution in [2.45, 2.75) is 25.7 Å². The van der Waals surface area contributed by atoms with Gasteiger partial charge < -0.3 is 19.7 Å². The van der Waals surface area contributed by atoms with Crippen LogP contribution in [-0.2, 0) is 4.79 Å². The fourth-order valence-electron chi connectivity index (χ4n) is 3.46. The van der Waals surface area contributed by atoms with Crippen LogP contribution in [0.5, 0.6) is 11.5 Å². The van der Waals surface area contributed by atoms with Gasteiger partial charge in [-0.25, -0.2) is 0 Å². The Balaban J connectivity index is 1.35. The first-order chi connectivity index (χ1) is 13.3. The van der Waals surface area contributed by atoms with Gasteiger partial charge in [0.15, 0.2) is 11.5 Å². The lowest BCUT2D eigenvalue weighted by atomic mass is 10.2. The van der Waals surface area contributed by atoms with Crippen molar-refractivity contribution in [1.82, 2.24) is 0 Å². The van der Waals surface area contributed by atoms with Gasteiger partial charge in [-0.15, -0.1) is 0 Å². The highest BCUT2D eigenvalue weighted by Gasteiger charge is 2.12. The highest BCUT2D eigenvalue weighted by molar-refractivity contribution is 6.02. The second kappa shape index (κ2) is 8.16. The standard InChI is InChI=1S/C22H24N2O3/c25-22(12-6-17-5-11-20-21(15-17)27-16-26-20)23-18-7-9-19(10-8-18)24-13-3-1-2-4-14-24/h5-12,15H,1-4,13-14,16H2,(H,23,25)/b12-6+. The molecule has 2 heterocycles. The van der Waals surface area contributed by atoms with Gasteiger partial charge in [0.25, 0.3) is 0 Å². The Morgan fingerprint density at radius 1 is 0.926 bits per heavy atom. The fraction of sp³-hybridized carbons (Fsp3) is 0.318. The largest absolute Gasteiger partial charge is 0.454 e. The molecular formula is C22H24N2O3. The van der Waals surface area contributed by atoms with Gasteiger partial charge in [0.05, 0.1) is 0 Å². The van der Waals surface area contributed by atoms with Crippen molar-refractivity contribution in [3.63, 3.8) is 0 Å². The lowest BCUT2D eigenvalue weighted by Crippen LogP contribution is -2.23. The highest BCUT2D eigenvalue weighted by atomic mass is 16.7. The molecule has 2 aromatic rings. The van der Waals surface area contributed by atoms with E-state index in [0.29, 0.717) is 5.75 Å². The van der Waals surface area contributed by atoms with Crippen LogP contribution in [0.2, 0.25) is 0 Å². The van der Waals surface area contributed by atoms with Crippen LogP contribution in [0, 0.1) is 0 Å². The maximum atomic E-state index is 12.2. The molecule has 5 heteroatoms. The van der Waals surface area contributed by atoms with Crippen molar-refractivity contribution in [3.05, 3.63) is 54.1 Å². The normalized spacial score (nSPS) is 16.4. The van der Waals surface area contributed by atoms with E-state index in [0.717, 1.165) is 30.1 Å². The zero-order valence-corrected chi connectivity index (χ0v) is 15.3. The Labute approximate surface area is 159 Å². The van der Waals surface area contributed by atoms with Crippen LogP contribution in [0.3, 0.4) is 0 Å². The van der Waals surface area contributed by atoms with E-state index in [-0.39, 0.29) is 12.7 Å². The minimum absolute atomic E-state index is 0.157. The smallest absolute Gasteiger partial charge is 0.248 e. The minimum atomic E-state index is -0.157. The Bertz CT molecular complexity index is 822. The Morgan fingerprint density at radius 2 is 1.67 bits per heavy atom. The van der Waals surface area contributed by atoms with Gasteiger partial charge >= 0.3 is 0 Å². The summed E-state index contributed by atoms with van der Waals surface area (Å²) in [4.78, 5) is 14.6. The molecule has 2 aromatic carbocycles. The first kappa shape index (κ1) is 17.5. The average molecular weight is 364 g/mol. The summed E-state index contributed by atoms with van der Waals surface area (Å²) >= 11 is 0. The Kier molecular flexibility index (Phi) is 5.28. The van der Waals surface area contributed by atoms with E-state index < -0.39 is 0 Å². The molecule has 0 saturated carbocycles. The van der Waals surface area contributed by atoms with Crippen LogP contribution < -0.4 is 19.7 Å². The van der Waals surface area contributed by atoms with Crippen molar-refractivity contribution in [1.29, 1.82) is 0 Å². The lowest BCUT2D eigenvalue weighted by molar-refractivity contribution is -0.111. The van der Waals surface area contributed by atoms with Crippen molar-refractivity contribution in [3.8, 4) is 11.5 Å². The topological polar surface area (TPSA) is 50.8 Å². The third-order valence-electron chi connectivity index (χ3n) is 4.93. The molecule has 1 N–H and O–H groups in total. The predicted octanol–water partition coefficient (Wildman–Crippen LogP) is 4.45. The van der Waals surface area contributed by atoms with Crippen LogP contribution in [0.1, 0.15) is 31.2 Å². The molecule has 27 heavy (non-hydrogen) atoms. The van der Waals surface area contributed by atoms with Crippen LogP contribution in [0.4, 0.5) is 11.4 Å². The Hall–Kier alpha value is -2.95. The molecule has 4 rings (SSSR count). The minimum Gasteiger partial charge on any atom is -0.454 e. The monoisotopic (exact) mass is 364 g/mol. The van der Waals surface area contributed by atoms with E-state index in [1.165, 1.54) is 37.4 Å². The van der Waals surface area contributed by atoms with Gasteiger partial charge in [-0.2, -0.15) is 0 Å². The number of hydrogen-bond donors (Lipinski definition) is 1. The summed E-state index contributed by atoms with van der Waals surface area (Å²) < 4.78 is 10.6. The molecular weight excluding hydrogens is 340 g/mol. The molecule has 2 aliphatic rings. The number of carbonyl (C=O) groups is 1. The van der Waals surface area contributed by atoms with Gasteiger partial charge in [0, 0.05) is 30.5 Å². The van der Waals surface area contributed by atoms with E-state index >= 15 is 0 Å². The first-order valence-electron chi connectivity index (χ1n) is 9.52. The number of benzene rings is 2. The number of fused-ring (bicyclic) bond motifs is 1. The molecule has 0 bridgehead atoms. The highest BCUT2D eigenvalue weighted by Crippen LogP contribution is 2.32. The summed E-state index contributed by atoms with van der Waals surface area (Å²) in [6, 6.07) is 13.7. The number of anilines is 2. The van der Waals surface area contributed by atoms with Crippen molar-refractivity contribution >= 4 is 23.4 Å². The molecule has 140 valence electrons. The number of amides is 1. The predicted molar refractivity (Wildman–Crippen MR) is 107 cm³/mol. The van der Waals surface area contributed by atoms with Gasteiger partial charge in [-0.3, -0.25) is 4.79 Å². The molecule has 0 aliphatic carbocycles. The number of ether oxygens (including phenoxy) is 2. The molecule has 0 radical (unpaired) electrons. The maximum Gasteiger partial charge on any atom is 0.248 e. The van der Waals surface area contributed by atoms with Crippen molar-refractivity contribution in [2.75, 3.05) is 30.1 Å². The molecule has 0 unspecified atom stereocenters. The zero-order valence-electron chi connectivity index (χ0n) is 15.3. The molecule has 0 atom stereocenters. The van der Waals surface area contributed by atoms with E-state index in [1.807, 2.05) is 30.3 Å². The average Bonchev–Trinajstić information content (AvgIpc) is 2.99. The fourth-order valence-corrected chi connectivity index (χ4v) is 3.46. The number of nitrogens with one attached hydrogen (secondary N) is 1. The zero-order chi connectivity index (χ0) is 18.5. The van der Waals surface area contributed by atoms with Crippen LogP contribution in [0.25, 0.3) is 6.08 Å². The first-order valence-corrected chi connectivity index (χ1v) is 9.52. The summed E-state index contributed by atoms with van der Waals surface area (Å²) in [6.45, 7) is 2.48. The second-order valence-corrected chi connectivity index (χ2v) is 6.88. The van der Waals surface area contributed by atoms with E-state index in [4.69, 9.17) is 9.47 Å². The van der Waals surface area contributed by atoms with Crippen LogP contribution in [-0.4, -0.2) is 25.8 Å². The van der Waals surface area contributed by atoms with Gasteiger partial charge in [0.2, 0.25) is 12.7 Å². The summed E-state index contributed by atoms with van der Waals surface area (Å²) in [6.07, 6.45) is 8.44. The third kappa shape index (κ3) is 4.42. The maximum absolute atomic E-state index is 12.2. The molecule has 0 aromatic heterocycles. The van der Waals surface area contributed by atoms with Gasteiger partial charge in [-0.05, 0) is 60.9 Å². The van der Waals surface area contributed by atoms with E-state index in [2.05, 4.69) is 22.3 Å². The van der Waals surface area contributed by atoms with Gasteiger partial charge in [0.1, 0.15) is 0 Å². The molecule has 0 spiro atoms. The molecule has 1 amide bonds.